The van der Waals surface area contributed by atoms with Crippen LogP contribution in [0.3, 0.4) is 0 Å². The lowest BCUT2D eigenvalue weighted by atomic mass is 10.1. The van der Waals surface area contributed by atoms with E-state index in [-0.39, 0.29) is 10.6 Å². The highest BCUT2D eigenvalue weighted by Gasteiger charge is 2.13. The van der Waals surface area contributed by atoms with Crippen LogP contribution in [0.4, 0.5) is 10.1 Å². The molecule has 1 amide bonds. The van der Waals surface area contributed by atoms with E-state index in [2.05, 4.69) is 21.2 Å². The maximum atomic E-state index is 13.4. The number of benzene rings is 2. The normalized spacial score (nSPS) is 10.4. The summed E-state index contributed by atoms with van der Waals surface area (Å²) in [6.07, 6.45) is 1.95. The first kappa shape index (κ1) is 16.0. The molecular formula is C16H14BrClFNO. The molecular weight excluding hydrogens is 357 g/mol. The molecule has 0 aliphatic heterocycles. The Morgan fingerprint density at radius 1 is 1.24 bits per heavy atom. The first-order valence-corrected chi connectivity index (χ1v) is 8.02. The number of aryl methyl sites for hydroxylation is 1. The third-order valence-electron chi connectivity index (χ3n) is 2.98. The lowest BCUT2D eigenvalue weighted by Crippen LogP contribution is -2.13. The minimum absolute atomic E-state index is 0.127. The molecule has 2 nitrogen and oxygen atoms in total. The molecule has 1 N–H and O–H groups in total. The SMILES string of the molecule is O=C(Nc1cccc(CCCBr)c1)c1cccc(F)c1Cl. The van der Waals surface area contributed by atoms with Crippen LogP contribution in [0.25, 0.3) is 0 Å². The highest BCUT2D eigenvalue weighted by atomic mass is 79.9. The number of halogens is 3. The lowest BCUT2D eigenvalue weighted by Gasteiger charge is -2.08. The molecule has 0 saturated carbocycles. The molecule has 0 aliphatic rings. The molecule has 0 radical (unpaired) electrons. The molecule has 0 aromatic heterocycles. The number of amides is 1. The number of nitrogens with one attached hydrogen (secondary N) is 1. The van der Waals surface area contributed by atoms with Gasteiger partial charge in [-0.2, -0.15) is 0 Å². The summed E-state index contributed by atoms with van der Waals surface area (Å²) in [6, 6.07) is 11.8. The smallest absolute Gasteiger partial charge is 0.257 e. The van der Waals surface area contributed by atoms with Crippen LogP contribution < -0.4 is 5.32 Å². The van der Waals surface area contributed by atoms with Crippen LogP contribution in [0, 0.1) is 5.82 Å². The van der Waals surface area contributed by atoms with E-state index in [4.69, 9.17) is 11.6 Å². The number of carbonyl (C=O) groups is 1. The maximum absolute atomic E-state index is 13.4. The van der Waals surface area contributed by atoms with Gasteiger partial charge in [0.25, 0.3) is 5.91 Å². The zero-order valence-corrected chi connectivity index (χ0v) is 13.5. The van der Waals surface area contributed by atoms with Crippen molar-refractivity contribution in [3.8, 4) is 0 Å². The van der Waals surface area contributed by atoms with Crippen molar-refractivity contribution in [2.24, 2.45) is 0 Å². The van der Waals surface area contributed by atoms with Crippen LogP contribution in [0.2, 0.25) is 5.02 Å². The van der Waals surface area contributed by atoms with Crippen molar-refractivity contribution in [2.45, 2.75) is 12.8 Å². The van der Waals surface area contributed by atoms with Crippen LogP contribution in [0.1, 0.15) is 22.3 Å². The van der Waals surface area contributed by atoms with E-state index in [1.807, 2.05) is 18.2 Å². The van der Waals surface area contributed by atoms with E-state index in [0.717, 1.165) is 23.7 Å². The molecule has 2 rings (SSSR count). The van der Waals surface area contributed by atoms with Crippen molar-refractivity contribution in [3.05, 3.63) is 64.4 Å². The van der Waals surface area contributed by atoms with Gasteiger partial charge in [-0.3, -0.25) is 4.79 Å². The second kappa shape index (κ2) is 7.57. The van der Waals surface area contributed by atoms with Crippen LogP contribution in [-0.2, 0) is 6.42 Å². The van der Waals surface area contributed by atoms with Crippen LogP contribution in [0.15, 0.2) is 42.5 Å². The molecule has 110 valence electrons. The van der Waals surface area contributed by atoms with Crippen molar-refractivity contribution < 1.29 is 9.18 Å². The van der Waals surface area contributed by atoms with Gasteiger partial charge in [-0.25, -0.2) is 4.39 Å². The van der Waals surface area contributed by atoms with Crippen molar-refractivity contribution >= 4 is 39.1 Å². The Balaban J connectivity index is 2.14. The summed E-state index contributed by atoms with van der Waals surface area (Å²) in [7, 11) is 0. The van der Waals surface area contributed by atoms with Gasteiger partial charge in [0.05, 0.1) is 10.6 Å². The zero-order valence-electron chi connectivity index (χ0n) is 11.2. The minimum atomic E-state index is -0.601. The highest BCUT2D eigenvalue weighted by Crippen LogP contribution is 2.21. The molecule has 0 fully saturated rings. The van der Waals surface area contributed by atoms with Crippen molar-refractivity contribution in [1.29, 1.82) is 0 Å². The molecule has 0 unspecified atom stereocenters. The van der Waals surface area contributed by atoms with Gasteiger partial charge in [0.2, 0.25) is 0 Å². The van der Waals surface area contributed by atoms with Gasteiger partial charge in [0.15, 0.2) is 0 Å². The van der Waals surface area contributed by atoms with Crippen LogP contribution >= 0.6 is 27.5 Å². The summed E-state index contributed by atoms with van der Waals surface area (Å²) in [4.78, 5) is 12.1. The number of hydrogen-bond acceptors (Lipinski definition) is 1. The maximum Gasteiger partial charge on any atom is 0.257 e. The number of hydrogen-bond donors (Lipinski definition) is 1. The zero-order chi connectivity index (χ0) is 15.2. The van der Waals surface area contributed by atoms with Gasteiger partial charge in [0.1, 0.15) is 5.82 Å². The Hall–Kier alpha value is -1.39. The van der Waals surface area contributed by atoms with Gasteiger partial charge in [-0.1, -0.05) is 45.7 Å². The molecule has 0 spiro atoms. The molecule has 21 heavy (non-hydrogen) atoms. The molecule has 2 aromatic carbocycles. The Kier molecular flexibility index (Phi) is 5.76. The average Bonchev–Trinajstić information content (AvgIpc) is 2.48. The van der Waals surface area contributed by atoms with E-state index in [1.54, 1.807) is 6.07 Å². The Morgan fingerprint density at radius 3 is 2.76 bits per heavy atom. The topological polar surface area (TPSA) is 29.1 Å². The fourth-order valence-corrected chi connectivity index (χ4v) is 2.45. The van der Waals surface area contributed by atoms with E-state index in [0.29, 0.717) is 5.69 Å². The highest BCUT2D eigenvalue weighted by molar-refractivity contribution is 9.09. The van der Waals surface area contributed by atoms with Crippen LogP contribution in [-0.4, -0.2) is 11.2 Å². The fraction of sp³-hybridized carbons (Fsp3) is 0.188. The first-order valence-electron chi connectivity index (χ1n) is 6.52. The number of rotatable bonds is 5. The number of alkyl halides is 1. The number of carbonyl (C=O) groups excluding carboxylic acids is 1. The first-order chi connectivity index (χ1) is 10.1. The van der Waals surface area contributed by atoms with Gasteiger partial charge < -0.3 is 5.32 Å². The van der Waals surface area contributed by atoms with Gasteiger partial charge in [-0.15, -0.1) is 0 Å². The fourth-order valence-electron chi connectivity index (χ4n) is 1.95. The van der Waals surface area contributed by atoms with Gasteiger partial charge in [0, 0.05) is 11.0 Å². The van der Waals surface area contributed by atoms with Crippen molar-refractivity contribution in [2.75, 3.05) is 10.6 Å². The van der Waals surface area contributed by atoms with Crippen molar-refractivity contribution in [1.82, 2.24) is 0 Å². The summed E-state index contributed by atoms with van der Waals surface area (Å²) in [5, 5.41) is 3.51. The Bertz CT molecular complexity index is 648. The third kappa shape index (κ3) is 4.29. The van der Waals surface area contributed by atoms with Crippen molar-refractivity contribution in [3.63, 3.8) is 0 Å². The van der Waals surface area contributed by atoms with Gasteiger partial charge >= 0.3 is 0 Å². The monoisotopic (exact) mass is 369 g/mol. The molecule has 0 saturated heterocycles. The molecule has 0 atom stereocenters. The summed E-state index contributed by atoms with van der Waals surface area (Å²) < 4.78 is 13.4. The molecule has 0 aliphatic carbocycles. The Labute approximate surface area is 136 Å². The summed E-state index contributed by atoms with van der Waals surface area (Å²) in [5.41, 5.74) is 1.94. The van der Waals surface area contributed by atoms with E-state index in [9.17, 15) is 9.18 Å². The van der Waals surface area contributed by atoms with Gasteiger partial charge in [-0.05, 0) is 42.7 Å². The molecule has 0 heterocycles. The largest absolute Gasteiger partial charge is 0.322 e. The Morgan fingerprint density at radius 2 is 2.00 bits per heavy atom. The summed E-state index contributed by atoms with van der Waals surface area (Å²) in [5.74, 6) is -1.02. The summed E-state index contributed by atoms with van der Waals surface area (Å²) in [6.45, 7) is 0. The summed E-state index contributed by atoms with van der Waals surface area (Å²) >= 11 is 9.20. The lowest BCUT2D eigenvalue weighted by molar-refractivity contribution is 0.102. The van der Waals surface area contributed by atoms with E-state index < -0.39 is 11.7 Å². The average molecular weight is 371 g/mol. The van der Waals surface area contributed by atoms with E-state index >= 15 is 0 Å². The molecule has 0 bridgehead atoms. The second-order valence-corrected chi connectivity index (χ2v) is 5.72. The molecule has 5 heteroatoms. The predicted octanol–water partition coefficient (Wildman–Crippen LogP) is 5.06. The minimum Gasteiger partial charge on any atom is -0.322 e. The third-order valence-corrected chi connectivity index (χ3v) is 3.93. The second-order valence-electron chi connectivity index (χ2n) is 4.55. The predicted molar refractivity (Wildman–Crippen MR) is 87.9 cm³/mol. The quantitative estimate of drug-likeness (QED) is 0.732. The molecule has 2 aromatic rings. The van der Waals surface area contributed by atoms with Crippen LogP contribution in [0.5, 0.6) is 0 Å². The number of anilines is 1. The van der Waals surface area contributed by atoms with E-state index in [1.165, 1.54) is 18.2 Å². The standard InChI is InChI=1S/C16H14BrClFNO/c17-9-3-5-11-4-1-6-12(10-11)20-16(21)13-7-2-8-14(19)15(13)18/h1-2,4,6-8,10H,3,5,9H2,(H,20,21).